The van der Waals surface area contributed by atoms with Crippen molar-refractivity contribution in [2.45, 2.75) is 24.9 Å². The van der Waals surface area contributed by atoms with Gasteiger partial charge in [-0.3, -0.25) is 4.79 Å². The third-order valence-corrected chi connectivity index (χ3v) is 5.14. The van der Waals surface area contributed by atoms with E-state index in [1.807, 2.05) is 12.1 Å². The Labute approximate surface area is 144 Å². The van der Waals surface area contributed by atoms with Gasteiger partial charge in [-0.25, -0.2) is 13.2 Å². The van der Waals surface area contributed by atoms with E-state index in [0.717, 1.165) is 5.56 Å². The van der Waals surface area contributed by atoms with Gasteiger partial charge in [-0.2, -0.15) is 0 Å². The van der Waals surface area contributed by atoms with E-state index in [2.05, 4.69) is 0 Å². The molecule has 1 amide bonds. The zero-order valence-electron chi connectivity index (χ0n) is 13.6. The fourth-order valence-corrected chi connectivity index (χ4v) is 3.77. The lowest BCUT2D eigenvalue weighted by Gasteiger charge is -2.16. The Morgan fingerprint density at radius 1 is 1.04 bits per heavy atom. The maximum atomic E-state index is 14.2. The molecule has 25 heavy (non-hydrogen) atoms. The number of halogens is 3. The Morgan fingerprint density at radius 2 is 1.76 bits per heavy atom. The summed E-state index contributed by atoms with van der Waals surface area (Å²) in [5.41, 5.74) is 1.21. The lowest BCUT2D eigenvalue weighted by molar-refractivity contribution is -0.131. The molecule has 2 aliphatic rings. The van der Waals surface area contributed by atoms with E-state index in [9.17, 15) is 18.0 Å². The summed E-state index contributed by atoms with van der Waals surface area (Å²) in [5.74, 6) is -1.57. The van der Waals surface area contributed by atoms with E-state index >= 15 is 0 Å². The van der Waals surface area contributed by atoms with Crippen LogP contribution >= 0.6 is 0 Å². The van der Waals surface area contributed by atoms with Gasteiger partial charge in [0.25, 0.3) is 0 Å². The van der Waals surface area contributed by atoms with Gasteiger partial charge in [-0.1, -0.05) is 30.3 Å². The Morgan fingerprint density at radius 3 is 2.44 bits per heavy atom. The summed E-state index contributed by atoms with van der Waals surface area (Å²) < 4.78 is 41.7. The lowest BCUT2D eigenvalue weighted by atomic mass is 9.95. The Hall–Kier alpha value is -2.30. The van der Waals surface area contributed by atoms with Crippen LogP contribution in [-0.4, -0.2) is 30.1 Å². The zero-order chi connectivity index (χ0) is 17.6. The molecule has 130 valence electrons. The SMILES string of the molecule is O=C([C@@H]1C[C@H]1c1ccccc1-c1c(F)cccc1F)N1CCC(F)C1. The molecule has 2 aromatic rings. The molecule has 0 aromatic heterocycles. The molecular weight excluding hydrogens is 327 g/mol. The molecule has 0 radical (unpaired) electrons. The minimum atomic E-state index is -0.944. The standard InChI is InChI=1S/C20H18F3NO/c21-12-8-9-24(11-12)20(25)16-10-15(16)13-4-1-2-5-14(13)19-17(22)6-3-7-18(19)23/h1-7,12,15-16H,8-11H2/t12?,15-,16+/m0/s1. The van der Waals surface area contributed by atoms with Crippen LogP contribution in [0.5, 0.6) is 0 Å². The number of carbonyl (C=O) groups is 1. The molecular formula is C20H18F3NO. The van der Waals surface area contributed by atoms with Crippen molar-refractivity contribution >= 4 is 5.91 Å². The summed E-state index contributed by atoms with van der Waals surface area (Å²) in [5, 5.41) is 0. The van der Waals surface area contributed by atoms with Gasteiger partial charge in [0.2, 0.25) is 5.91 Å². The molecule has 1 saturated heterocycles. The third-order valence-electron chi connectivity index (χ3n) is 5.14. The second-order valence-electron chi connectivity index (χ2n) is 6.80. The van der Waals surface area contributed by atoms with Crippen molar-refractivity contribution in [3.63, 3.8) is 0 Å². The molecule has 1 aliphatic carbocycles. The molecule has 1 aliphatic heterocycles. The van der Waals surface area contributed by atoms with Crippen LogP contribution in [0.1, 0.15) is 24.3 Å². The van der Waals surface area contributed by atoms with E-state index in [-0.39, 0.29) is 29.9 Å². The van der Waals surface area contributed by atoms with Gasteiger partial charge in [0.1, 0.15) is 17.8 Å². The second-order valence-corrected chi connectivity index (χ2v) is 6.80. The minimum Gasteiger partial charge on any atom is -0.339 e. The van der Waals surface area contributed by atoms with E-state index < -0.39 is 17.8 Å². The molecule has 1 unspecified atom stereocenters. The molecule has 2 fully saturated rings. The quantitative estimate of drug-likeness (QED) is 0.812. The summed E-state index contributed by atoms with van der Waals surface area (Å²) in [6.45, 7) is 0.610. The predicted octanol–water partition coefficient (Wildman–Crippen LogP) is 4.31. The molecule has 5 heteroatoms. The first-order valence-corrected chi connectivity index (χ1v) is 8.52. The summed E-state index contributed by atoms with van der Waals surface area (Å²) in [6.07, 6.45) is 0.0837. The van der Waals surface area contributed by atoms with Crippen LogP contribution in [0.4, 0.5) is 13.2 Å². The second kappa shape index (κ2) is 6.21. The van der Waals surface area contributed by atoms with Crippen LogP contribution in [0.3, 0.4) is 0 Å². The van der Waals surface area contributed by atoms with Crippen LogP contribution < -0.4 is 0 Å². The van der Waals surface area contributed by atoms with Crippen molar-refractivity contribution in [1.82, 2.24) is 4.90 Å². The molecule has 1 saturated carbocycles. The van der Waals surface area contributed by atoms with Gasteiger partial charge in [0, 0.05) is 12.5 Å². The average molecular weight is 345 g/mol. The summed E-state index contributed by atoms with van der Waals surface area (Å²) in [7, 11) is 0. The van der Waals surface area contributed by atoms with Crippen molar-refractivity contribution < 1.29 is 18.0 Å². The van der Waals surface area contributed by atoms with E-state index in [0.29, 0.717) is 24.9 Å². The number of nitrogens with zero attached hydrogens (tertiary/aromatic N) is 1. The van der Waals surface area contributed by atoms with E-state index in [1.165, 1.54) is 18.2 Å². The first-order valence-electron chi connectivity index (χ1n) is 8.52. The fraction of sp³-hybridized carbons (Fsp3) is 0.350. The van der Waals surface area contributed by atoms with Gasteiger partial charge < -0.3 is 4.90 Å². The Bertz CT molecular complexity index is 802. The first kappa shape index (κ1) is 16.2. The number of likely N-dealkylation sites (tertiary alicyclic amines) is 1. The number of hydrogen-bond acceptors (Lipinski definition) is 1. The largest absolute Gasteiger partial charge is 0.339 e. The molecule has 2 aromatic carbocycles. The summed E-state index contributed by atoms with van der Waals surface area (Å²) in [4.78, 5) is 14.1. The number of benzene rings is 2. The number of amides is 1. The van der Waals surface area contributed by atoms with Crippen molar-refractivity contribution in [3.05, 3.63) is 59.7 Å². The normalized spacial score (nSPS) is 25.2. The van der Waals surface area contributed by atoms with Crippen LogP contribution in [-0.2, 0) is 4.79 Å². The molecule has 4 rings (SSSR count). The van der Waals surface area contributed by atoms with Crippen LogP contribution in [0, 0.1) is 17.6 Å². The third kappa shape index (κ3) is 2.92. The molecule has 3 atom stereocenters. The topological polar surface area (TPSA) is 20.3 Å². The van der Waals surface area contributed by atoms with Gasteiger partial charge in [0.15, 0.2) is 0 Å². The number of rotatable bonds is 3. The number of alkyl halides is 1. The predicted molar refractivity (Wildman–Crippen MR) is 88.7 cm³/mol. The highest BCUT2D eigenvalue weighted by molar-refractivity contribution is 5.84. The summed E-state index contributed by atoms with van der Waals surface area (Å²) >= 11 is 0. The van der Waals surface area contributed by atoms with Gasteiger partial charge in [-0.15, -0.1) is 0 Å². The Kier molecular flexibility index (Phi) is 4.02. The molecule has 0 spiro atoms. The Balaban J connectivity index is 1.62. The maximum Gasteiger partial charge on any atom is 0.226 e. The first-order chi connectivity index (χ1) is 12.1. The van der Waals surface area contributed by atoms with E-state index in [1.54, 1.807) is 17.0 Å². The smallest absolute Gasteiger partial charge is 0.226 e. The number of hydrogen-bond donors (Lipinski definition) is 0. The summed E-state index contributed by atoms with van der Waals surface area (Å²) in [6, 6.07) is 10.8. The average Bonchev–Trinajstić information content (AvgIpc) is 3.28. The highest BCUT2D eigenvalue weighted by Crippen LogP contribution is 2.51. The van der Waals surface area contributed by atoms with Crippen molar-refractivity contribution in [2.24, 2.45) is 5.92 Å². The minimum absolute atomic E-state index is 0.0473. The maximum absolute atomic E-state index is 14.2. The monoisotopic (exact) mass is 345 g/mol. The highest BCUT2D eigenvalue weighted by atomic mass is 19.1. The van der Waals surface area contributed by atoms with Gasteiger partial charge >= 0.3 is 0 Å². The van der Waals surface area contributed by atoms with E-state index in [4.69, 9.17) is 0 Å². The highest BCUT2D eigenvalue weighted by Gasteiger charge is 2.47. The molecule has 1 heterocycles. The molecule has 0 N–H and O–H groups in total. The lowest BCUT2D eigenvalue weighted by Crippen LogP contribution is -2.30. The van der Waals surface area contributed by atoms with Crippen LogP contribution in [0.25, 0.3) is 11.1 Å². The van der Waals surface area contributed by atoms with Crippen LogP contribution in [0.15, 0.2) is 42.5 Å². The van der Waals surface area contributed by atoms with Crippen molar-refractivity contribution in [3.8, 4) is 11.1 Å². The zero-order valence-corrected chi connectivity index (χ0v) is 13.6. The number of carbonyl (C=O) groups excluding carboxylic acids is 1. The fourth-order valence-electron chi connectivity index (χ4n) is 3.77. The van der Waals surface area contributed by atoms with Gasteiger partial charge in [0.05, 0.1) is 12.1 Å². The van der Waals surface area contributed by atoms with Crippen molar-refractivity contribution in [1.29, 1.82) is 0 Å². The molecule has 2 nitrogen and oxygen atoms in total. The van der Waals surface area contributed by atoms with Crippen LogP contribution in [0.2, 0.25) is 0 Å². The van der Waals surface area contributed by atoms with Crippen molar-refractivity contribution in [2.75, 3.05) is 13.1 Å². The van der Waals surface area contributed by atoms with Gasteiger partial charge in [-0.05, 0) is 42.0 Å². The molecule has 0 bridgehead atoms.